The summed E-state index contributed by atoms with van der Waals surface area (Å²) in [5, 5.41) is 9.88. The number of carbonyl (C=O) groups is 2. The summed E-state index contributed by atoms with van der Waals surface area (Å²) < 4.78 is 10.7. The van der Waals surface area contributed by atoms with Gasteiger partial charge in [0.1, 0.15) is 9.88 Å². The molecule has 1 atom stereocenters. The number of benzene rings is 1. The normalized spacial score (nSPS) is 19.0. The molecule has 7 nitrogen and oxygen atoms in total. The summed E-state index contributed by atoms with van der Waals surface area (Å²) >= 11 is 1.30. The predicted molar refractivity (Wildman–Crippen MR) is 89.9 cm³/mol. The average molecular weight is 360 g/mol. The van der Waals surface area contributed by atoms with E-state index in [4.69, 9.17) is 14.6 Å². The first-order chi connectivity index (χ1) is 12.1. The van der Waals surface area contributed by atoms with E-state index in [0.717, 1.165) is 5.56 Å². The van der Waals surface area contributed by atoms with E-state index in [-0.39, 0.29) is 19.2 Å². The van der Waals surface area contributed by atoms with Crippen LogP contribution in [0.3, 0.4) is 0 Å². The average Bonchev–Trinajstić information content (AvgIpc) is 3.29. The molecule has 2 aliphatic heterocycles. The van der Waals surface area contributed by atoms with Crippen molar-refractivity contribution in [1.29, 1.82) is 0 Å². The molecule has 130 valence electrons. The Bertz CT molecular complexity index is 834. The van der Waals surface area contributed by atoms with Crippen LogP contribution < -0.4 is 9.47 Å². The molecule has 0 spiro atoms. The first-order valence-electron chi connectivity index (χ1n) is 8.00. The molecule has 1 aromatic heterocycles. The summed E-state index contributed by atoms with van der Waals surface area (Å²) in [6.45, 7) is 1.05. The van der Waals surface area contributed by atoms with Gasteiger partial charge in [-0.15, -0.1) is 11.3 Å². The van der Waals surface area contributed by atoms with Gasteiger partial charge >= 0.3 is 5.97 Å². The van der Waals surface area contributed by atoms with E-state index in [1.807, 2.05) is 18.2 Å². The molecule has 4 rings (SSSR count). The molecule has 1 aromatic carbocycles. The van der Waals surface area contributed by atoms with Crippen LogP contribution >= 0.6 is 11.3 Å². The van der Waals surface area contributed by atoms with Crippen molar-refractivity contribution in [2.75, 3.05) is 19.9 Å². The van der Waals surface area contributed by atoms with Gasteiger partial charge in [-0.05, 0) is 31.0 Å². The molecule has 1 amide bonds. The van der Waals surface area contributed by atoms with Crippen LogP contribution in [0.2, 0.25) is 0 Å². The first kappa shape index (κ1) is 15.9. The van der Waals surface area contributed by atoms with Gasteiger partial charge in [0.2, 0.25) is 6.79 Å². The third-order valence-electron chi connectivity index (χ3n) is 4.39. The highest BCUT2D eigenvalue weighted by molar-refractivity contribution is 7.16. The Labute approximate surface area is 147 Å². The van der Waals surface area contributed by atoms with Crippen LogP contribution in [-0.2, 0) is 4.79 Å². The third-order valence-corrected chi connectivity index (χ3v) is 5.43. The molecule has 1 saturated heterocycles. The fraction of sp³-hybridized carbons (Fsp3) is 0.353. The number of likely N-dealkylation sites (tertiary alicyclic amines) is 1. The molecular weight excluding hydrogens is 344 g/mol. The number of hydrogen-bond donors (Lipinski definition) is 1. The minimum atomic E-state index is -0.845. The highest BCUT2D eigenvalue weighted by Crippen LogP contribution is 2.37. The lowest BCUT2D eigenvalue weighted by Gasteiger charge is -2.30. The van der Waals surface area contributed by atoms with Crippen molar-refractivity contribution in [3.8, 4) is 22.1 Å². The number of ether oxygens (including phenoxy) is 2. The highest BCUT2D eigenvalue weighted by Gasteiger charge is 2.29. The molecule has 0 aliphatic carbocycles. The Morgan fingerprint density at radius 3 is 2.96 bits per heavy atom. The number of carbonyl (C=O) groups excluding carboxylic acids is 1. The molecule has 8 heteroatoms. The number of nitrogens with zero attached hydrogens (tertiary/aromatic N) is 2. The minimum Gasteiger partial charge on any atom is -0.481 e. The van der Waals surface area contributed by atoms with Crippen LogP contribution in [0.4, 0.5) is 0 Å². The molecular formula is C17H16N2O5S. The van der Waals surface area contributed by atoms with Crippen molar-refractivity contribution in [1.82, 2.24) is 9.88 Å². The number of hydrogen-bond acceptors (Lipinski definition) is 6. The van der Waals surface area contributed by atoms with E-state index < -0.39 is 11.9 Å². The molecule has 0 radical (unpaired) electrons. The molecule has 2 aliphatic rings. The third kappa shape index (κ3) is 3.05. The summed E-state index contributed by atoms with van der Waals surface area (Å²) in [5.74, 6) is -0.122. The quantitative estimate of drug-likeness (QED) is 0.904. The largest absolute Gasteiger partial charge is 0.481 e. The number of carboxylic acids is 1. The van der Waals surface area contributed by atoms with Gasteiger partial charge in [0.05, 0.1) is 12.1 Å². The van der Waals surface area contributed by atoms with Crippen LogP contribution in [0.1, 0.15) is 22.5 Å². The van der Waals surface area contributed by atoms with Gasteiger partial charge in [-0.1, -0.05) is 0 Å². The molecule has 2 aromatic rings. The summed E-state index contributed by atoms with van der Waals surface area (Å²) in [6, 6.07) is 5.54. The fourth-order valence-electron chi connectivity index (χ4n) is 3.06. The maximum Gasteiger partial charge on any atom is 0.308 e. The van der Waals surface area contributed by atoms with Crippen molar-refractivity contribution in [3.63, 3.8) is 0 Å². The lowest BCUT2D eigenvalue weighted by Crippen LogP contribution is -2.42. The van der Waals surface area contributed by atoms with Gasteiger partial charge in [0.15, 0.2) is 11.5 Å². The number of rotatable bonds is 3. The van der Waals surface area contributed by atoms with Crippen LogP contribution in [0.25, 0.3) is 10.6 Å². The number of amides is 1. The maximum absolute atomic E-state index is 12.7. The predicted octanol–water partition coefficient (Wildman–Crippen LogP) is 2.48. The summed E-state index contributed by atoms with van der Waals surface area (Å²) in [5.41, 5.74) is 0.857. The van der Waals surface area contributed by atoms with Crippen LogP contribution in [0.5, 0.6) is 11.5 Å². The Kier molecular flexibility index (Phi) is 4.04. The molecule has 1 fully saturated rings. The Balaban J connectivity index is 1.52. The van der Waals surface area contributed by atoms with E-state index in [1.165, 1.54) is 11.3 Å². The first-order valence-corrected chi connectivity index (χ1v) is 8.81. The van der Waals surface area contributed by atoms with E-state index in [9.17, 15) is 9.59 Å². The molecule has 25 heavy (non-hydrogen) atoms. The lowest BCUT2D eigenvalue weighted by molar-refractivity contribution is -0.143. The monoisotopic (exact) mass is 360 g/mol. The highest BCUT2D eigenvalue weighted by atomic mass is 32.1. The summed E-state index contributed by atoms with van der Waals surface area (Å²) in [7, 11) is 0. The zero-order valence-corrected chi connectivity index (χ0v) is 14.1. The molecule has 1 N–H and O–H groups in total. The van der Waals surface area contributed by atoms with Crippen molar-refractivity contribution >= 4 is 23.2 Å². The zero-order chi connectivity index (χ0) is 17.4. The zero-order valence-electron chi connectivity index (χ0n) is 13.3. The van der Waals surface area contributed by atoms with E-state index in [1.54, 1.807) is 11.1 Å². The van der Waals surface area contributed by atoms with E-state index in [2.05, 4.69) is 4.98 Å². The van der Waals surface area contributed by atoms with Gasteiger partial charge < -0.3 is 19.5 Å². The van der Waals surface area contributed by atoms with Crippen molar-refractivity contribution in [2.45, 2.75) is 12.8 Å². The molecule has 0 unspecified atom stereocenters. The second-order valence-electron chi connectivity index (χ2n) is 6.03. The number of thiazole rings is 1. The van der Waals surface area contributed by atoms with E-state index >= 15 is 0 Å². The number of fused-ring (bicyclic) bond motifs is 1. The van der Waals surface area contributed by atoms with Crippen LogP contribution in [0.15, 0.2) is 24.4 Å². The standard InChI is InChI=1S/C17H16N2O5S/c20-16(19-5-1-2-11(8-19)17(21)22)14-7-18-15(25-14)10-3-4-12-13(6-10)24-9-23-12/h3-4,6-7,11H,1-2,5,8-9H2,(H,21,22)/t11-/m1/s1. The fourth-order valence-corrected chi connectivity index (χ4v) is 3.94. The molecule has 0 saturated carbocycles. The van der Waals surface area contributed by atoms with Crippen LogP contribution in [0, 0.1) is 5.92 Å². The van der Waals surface area contributed by atoms with Gasteiger partial charge in [0, 0.05) is 18.7 Å². The Morgan fingerprint density at radius 1 is 1.28 bits per heavy atom. The molecule has 3 heterocycles. The Hall–Kier alpha value is -2.61. The summed E-state index contributed by atoms with van der Waals surface area (Å²) in [6.07, 6.45) is 2.87. The van der Waals surface area contributed by atoms with E-state index in [0.29, 0.717) is 40.8 Å². The van der Waals surface area contributed by atoms with Gasteiger partial charge in [-0.2, -0.15) is 0 Å². The van der Waals surface area contributed by atoms with Gasteiger partial charge in [-0.3, -0.25) is 9.59 Å². The summed E-state index contributed by atoms with van der Waals surface area (Å²) in [4.78, 5) is 30.3. The van der Waals surface area contributed by atoms with Crippen molar-refractivity contribution in [3.05, 3.63) is 29.3 Å². The number of piperidine rings is 1. The Morgan fingerprint density at radius 2 is 2.12 bits per heavy atom. The van der Waals surface area contributed by atoms with Crippen molar-refractivity contribution < 1.29 is 24.2 Å². The lowest BCUT2D eigenvalue weighted by atomic mass is 9.98. The van der Waals surface area contributed by atoms with Gasteiger partial charge in [-0.25, -0.2) is 4.98 Å². The second kappa shape index (κ2) is 6.36. The number of carboxylic acid groups (broad SMARTS) is 1. The second-order valence-corrected chi connectivity index (χ2v) is 7.06. The van der Waals surface area contributed by atoms with Crippen molar-refractivity contribution in [2.24, 2.45) is 5.92 Å². The molecule has 0 bridgehead atoms. The number of aliphatic carboxylic acids is 1. The number of aromatic nitrogens is 1. The smallest absolute Gasteiger partial charge is 0.308 e. The maximum atomic E-state index is 12.7. The SMILES string of the molecule is O=C(O)[C@@H]1CCCN(C(=O)c2cnc(-c3ccc4c(c3)OCO4)s2)C1. The van der Waals surface area contributed by atoms with Crippen LogP contribution in [-0.4, -0.2) is 46.7 Å². The topological polar surface area (TPSA) is 89.0 Å². The van der Waals surface area contributed by atoms with Gasteiger partial charge in [0.25, 0.3) is 5.91 Å². The minimum absolute atomic E-state index is 0.157.